The number of rotatable bonds is 6. The first-order chi connectivity index (χ1) is 8.15. The van der Waals surface area contributed by atoms with Gasteiger partial charge in [0.1, 0.15) is 5.75 Å². The van der Waals surface area contributed by atoms with Gasteiger partial charge in [-0.05, 0) is 31.4 Å². The molecule has 4 nitrogen and oxygen atoms in total. The van der Waals surface area contributed by atoms with Gasteiger partial charge in [0.25, 0.3) is 5.91 Å². The largest absolute Gasteiger partial charge is 0.483 e. The fourth-order valence-electron chi connectivity index (χ4n) is 1.52. The first kappa shape index (κ1) is 13.5. The second-order valence-corrected chi connectivity index (χ2v) is 3.94. The van der Waals surface area contributed by atoms with E-state index < -0.39 is 0 Å². The summed E-state index contributed by atoms with van der Waals surface area (Å²) in [5.74, 6) is 0.603. The highest BCUT2D eigenvalue weighted by atomic mass is 16.5. The maximum absolute atomic E-state index is 11.4. The van der Waals surface area contributed by atoms with Gasteiger partial charge in [-0.3, -0.25) is 4.79 Å². The van der Waals surface area contributed by atoms with Crippen LogP contribution in [0.3, 0.4) is 0 Å². The normalized spacial score (nSPS) is 10.1. The van der Waals surface area contributed by atoms with Crippen molar-refractivity contribution in [2.75, 3.05) is 19.8 Å². The zero-order valence-electron chi connectivity index (χ0n) is 10.3. The van der Waals surface area contributed by atoms with Crippen molar-refractivity contribution in [2.24, 2.45) is 0 Å². The van der Waals surface area contributed by atoms with E-state index in [0.29, 0.717) is 13.0 Å². The van der Waals surface area contributed by atoms with Crippen LogP contribution in [0.2, 0.25) is 0 Å². The molecule has 0 aliphatic rings. The highest BCUT2D eigenvalue weighted by Crippen LogP contribution is 2.21. The fourth-order valence-corrected chi connectivity index (χ4v) is 1.52. The molecule has 1 rings (SSSR count). The van der Waals surface area contributed by atoms with Crippen LogP contribution in [-0.2, 0) is 4.79 Å². The molecule has 2 N–H and O–H groups in total. The molecule has 0 spiro atoms. The number of hydrogen-bond acceptors (Lipinski definition) is 3. The number of aryl methyl sites for hydroxylation is 2. The summed E-state index contributed by atoms with van der Waals surface area (Å²) in [6, 6.07) is 5.86. The number of ether oxygens (including phenoxy) is 1. The average molecular weight is 237 g/mol. The molecule has 0 saturated carbocycles. The van der Waals surface area contributed by atoms with Crippen LogP contribution >= 0.6 is 0 Å². The number of nitrogens with one attached hydrogen (secondary N) is 1. The maximum atomic E-state index is 11.4. The summed E-state index contributed by atoms with van der Waals surface area (Å²) < 4.78 is 5.49. The first-order valence-corrected chi connectivity index (χ1v) is 5.71. The second kappa shape index (κ2) is 6.91. The summed E-state index contributed by atoms with van der Waals surface area (Å²) in [5, 5.41) is 11.2. The molecule has 0 heterocycles. The van der Waals surface area contributed by atoms with E-state index in [1.807, 2.05) is 32.0 Å². The predicted octanol–water partition coefficient (Wildman–Crippen LogP) is 1.18. The lowest BCUT2D eigenvalue weighted by Crippen LogP contribution is -2.30. The number of benzene rings is 1. The summed E-state index contributed by atoms with van der Waals surface area (Å²) in [6.45, 7) is 4.47. The lowest BCUT2D eigenvalue weighted by Gasteiger charge is -2.11. The summed E-state index contributed by atoms with van der Waals surface area (Å²) >= 11 is 0. The van der Waals surface area contributed by atoms with E-state index in [9.17, 15) is 4.79 Å². The Morgan fingerprint density at radius 3 is 2.59 bits per heavy atom. The monoisotopic (exact) mass is 237 g/mol. The van der Waals surface area contributed by atoms with Crippen molar-refractivity contribution < 1.29 is 14.6 Å². The van der Waals surface area contributed by atoms with E-state index >= 15 is 0 Å². The van der Waals surface area contributed by atoms with Crippen LogP contribution in [0.4, 0.5) is 0 Å². The van der Waals surface area contributed by atoms with E-state index in [4.69, 9.17) is 9.84 Å². The number of aliphatic hydroxyl groups excluding tert-OH is 1. The van der Waals surface area contributed by atoms with Gasteiger partial charge in [0.15, 0.2) is 6.61 Å². The number of para-hydroxylation sites is 1. The third-order valence-corrected chi connectivity index (χ3v) is 2.41. The molecule has 0 aliphatic heterocycles. The molecular formula is C13H19NO3. The van der Waals surface area contributed by atoms with Crippen molar-refractivity contribution in [3.8, 4) is 5.75 Å². The van der Waals surface area contributed by atoms with Crippen LogP contribution < -0.4 is 10.1 Å². The van der Waals surface area contributed by atoms with Crippen molar-refractivity contribution in [1.29, 1.82) is 0 Å². The SMILES string of the molecule is Cc1cccc(C)c1OCC(=O)NCCCO. The molecule has 1 aromatic rings. The van der Waals surface area contributed by atoms with Gasteiger partial charge in [-0.15, -0.1) is 0 Å². The van der Waals surface area contributed by atoms with E-state index in [2.05, 4.69) is 5.32 Å². The molecule has 0 fully saturated rings. The van der Waals surface area contributed by atoms with Gasteiger partial charge < -0.3 is 15.2 Å². The molecular weight excluding hydrogens is 218 g/mol. The number of amides is 1. The zero-order chi connectivity index (χ0) is 12.7. The summed E-state index contributed by atoms with van der Waals surface area (Å²) in [5.41, 5.74) is 2.04. The Morgan fingerprint density at radius 1 is 1.35 bits per heavy atom. The Morgan fingerprint density at radius 2 is 2.00 bits per heavy atom. The van der Waals surface area contributed by atoms with E-state index in [-0.39, 0.29) is 19.1 Å². The van der Waals surface area contributed by atoms with Gasteiger partial charge in [-0.2, -0.15) is 0 Å². The number of hydrogen-bond donors (Lipinski definition) is 2. The highest BCUT2D eigenvalue weighted by Gasteiger charge is 2.06. The smallest absolute Gasteiger partial charge is 0.257 e. The van der Waals surface area contributed by atoms with Crippen molar-refractivity contribution in [2.45, 2.75) is 20.3 Å². The van der Waals surface area contributed by atoms with Gasteiger partial charge in [0.2, 0.25) is 0 Å². The molecule has 0 unspecified atom stereocenters. The lowest BCUT2D eigenvalue weighted by atomic mass is 10.1. The minimum Gasteiger partial charge on any atom is -0.483 e. The predicted molar refractivity (Wildman–Crippen MR) is 66.1 cm³/mol. The molecule has 1 amide bonds. The van der Waals surface area contributed by atoms with Crippen molar-refractivity contribution in [3.63, 3.8) is 0 Å². The number of carbonyl (C=O) groups is 1. The minimum absolute atomic E-state index is 0.0110. The lowest BCUT2D eigenvalue weighted by molar-refractivity contribution is -0.123. The molecule has 0 atom stereocenters. The fraction of sp³-hybridized carbons (Fsp3) is 0.462. The van der Waals surface area contributed by atoms with Crippen molar-refractivity contribution in [1.82, 2.24) is 5.32 Å². The molecule has 17 heavy (non-hydrogen) atoms. The average Bonchev–Trinajstić information content (AvgIpc) is 2.29. The Balaban J connectivity index is 2.42. The van der Waals surface area contributed by atoms with Crippen LogP contribution in [0.15, 0.2) is 18.2 Å². The van der Waals surface area contributed by atoms with Crippen LogP contribution in [0, 0.1) is 13.8 Å². The Bertz CT molecular complexity index is 357. The van der Waals surface area contributed by atoms with E-state index in [1.54, 1.807) is 0 Å². The highest BCUT2D eigenvalue weighted by molar-refractivity contribution is 5.77. The Hall–Kier alpha value is -1.55. The Labute approximate surface area is 102 Å². The standard InChI is InChI=1S/C13H19NO3/c1-10-5-3-6-11(2)13(10)17-9-12(16)14-7-4-8-15/h3,5-6,15H,4,7-9H2,1-2H3,(H,14,16). The van der Waals surface area contributed by atoms with Crippen molar-refractivity contribution >= 4 is 5.91 Å². The molecule has 0 saturated heterocycles. The van der Waals surface area contributed by atoms with Gasteiger partial charge >= 0.3 is 0 Å². The van der Waals surface area contributed by atoms with Crippen LogP contribution in [0.25, 0.3) is 0 Å². The van der Waals surface area contributed by atoms with Gasteiger partial charge in [-0.1, -0.05) is 18.2 Å². The first-order valence-electron chi connectivity index (χ1n) is 5.71. The Kier molecular flexibility index (Phi) is 5.49. The summed E-state index contributed by atoms with van der Waals surface area (Å²) in [7, 11) is 0. The minimum atomic E-state index is -0.166. The third-order valence-electron chi connectivity index (χ3n) is 2.41. The molecule has 4 heteroatoms. The molecule has 0 aromatic heterocycles. The topological polar surface area (TPSA) is 58.6 Å². The molecule has 0 radical (unpaired) electrons. The van der Waals surface area contributed by atoms with Gasteiger partial charge in [0.05, 0.1) is 0 Å². The molecule has 1 aromatic carbocycles. The van der Waals surface area contributed by atoms with E-state index in [1.165, 1.54) is 0 Å². The zero-order valence-corrected chi connectivity index (χ0v) is 10.3. The quantitative estimate of drug-likeness (QED) is 0.730. The van der Waals surface area contributed by atoms with E-state index in [0.717, 1.165) is 16.9 Å². The molecule has 0 bridgehead atoms. The third kappa shape index (κ3) is 4.44. The van der Waals surface area contributed by atoms with Crippen LogP contribution in [-0.4, -0.2) is 30.8 Å². The number of carbonyl (C=O) groups excluding carboxylic acids is 1. The number of aliphatic hydroxyl groups is 1. The summed E-state index contributed by atoms with van der Waals surface area (Å²) in [6.07, 6.45) is 0.565. The van der Waals surface area contributed by atoms with Crippen LogP contribution in [0.5, 0.6) is 5.75 Å². The van der Waals surface area contributed by atoms with Gasteiger partial charge in [-0.25, -0.2) is 0 Å². The van der Waals surface area contributed by atoms with Crippen molar-refractivity contribution in [3.05, 3.63) is 29.3 Å². The van der Waals surface area contributed by atoms with Crippen LogP contribution in [0.1, 0.15) is 17.5 Å². The second-order valence-electron chi connectivity index (χ2n) is 3.94. The molecule has 94 valence electrons. The maximum Gasteiger partial charge on any atom is 0.257 e. The van der Waals surface area contributed by atoms with Gasteiger partial charge in [0, 0.05) is 13.2 Å². The molecule has 0 aliphatic carbocycles. The summed E-state index contributed by atoms with van der Waals surface area (Å²) in [4.78, 5) is 11.4.